The maximum absolute atomic E-state index is 13.0. The highest BCUT2D eigenvalue weighted by Crippen LogP contribution is 2.38. The number of hydrogen-bond donors (Lipinski definition) is 1. The number of nitrogens with zero attached hydrogens (tertiary/aromatic N) is 1. The first kappa shape index (κ1) is 21.8. The summed E-state index contributed by atoms with van der Waals surface area (Å²) in [6, 6.07) is 12.8. The Labute approximate surface area is 177 Å². The van der Waals surface area contributed by atoms with Gasteiger partial charge in [0, 0.05) is 12.1 Å². The van der Waals surface area contributed by atoms with Crippen LogP contribution in [0.3, 0.4) is 0 Å². The fraction of sp³-hybridized carbons (Fsp3) is 0.435. The minimum absolute atomic E-state index is 0.158. The van der Waals surface area contributed by atoms with Crippen LogP contribution < -0.4 is 24.3 Å². The van der Waals surface area contributed by atoms with Crippen molar-refractivity contribution in [3.63, 3.8) is 0 Å². The van der Waals surface area contributed by atoms with Crippen LogP contribution in [0, 0.1) is 0 Å². The number of rotatable bonds is 10. The topological polar surface area (TPSA) is 69.3 Å². The molecule has 1 N–H and O–H groups in total. The van der Waals surface area contributed by atoms with Crippen molar-refractivity contribution in [3.05, 3.63) is 48.0 Å². The van der Waals surface area contributed by atoms with Crippen molar-refractivity contribution >= 4 is 5.91 Å². The van der Waals surface area contributed by atoms with Crippen LogP contribution in [0.1, 0.15) is 23.2 Å². The lowest BCUT2D eigenvalue weighted by molar-refractivity contribution is 0.0906. The van der Waals surface area contributed by atoms with Gasteiger partial charge in [0.25, 0.3) is 5.91 Å². The zero-order valence-electron chi connectivity index (χ0n) is 17.8. The van der Waals surface area contributed by atoms with Crippen LogP contribution in [-0.4, -0.2) is 64.4 Å². The molecule has 3 rings (SSSR count). The molecule has 0 aromatic heterocycles. The van der Waals surface area contributed by atoms with E-state index in [1.807, 2.05) is 30.3 Å². The Morgan fingerprint density at radius 2 is 1.63 bits per heavy atom. The Morgan fingerprint density at radius 3 is 2.20 bits per heavy atom. The van der Waals surface area contributed by atoms with Gasteiger partial charge < -0.3 is 29.2 Å². The van der Waals surface area contributed by atoms with E-state index in [2.05, 4.69) is 10.2 Å². The highest BCUT2D eigenvalue weighted by atomic mass is 16.5. The van der Waals surface area contributed by atoms with Crippen molar-refractivity contribution in [2.75, 3.05) is 47.6 Å². The standard InChI is InChI=1S/C23H30N2O5/c1-27-20-13-17(14-21(28-2)22(20)29-3)23(26)24-18(15-25-11-7-8-12-25)16-30-19-9-5-4-6-10-19/h4-6,9-10,13-14,18H,7-8,11-12,15-16H2,1-3H3,(H,24,26). The first-order valence-electron chi connectivity index (χ1n) is 10.2. The molecule has 0 radical (unpaired) electrons. The Hall–Kier alpha value is -2.93. The van der Waals surface area contributed by atoms with Gasteiger partial charge in [-0.05, 0) is 50.2 Å². The third kappa shape index (κ3) is 5.57. The third-order valence-electron chi connectivity index (χ3n) is 5.13. The van der Waals surface area contributed by atoms with E-state index in [0.29, 0.717) is 29.4 Å². The first-order valence-corrected chi connectivity index (χ1v) is 10.2. The molecule has 7 nitrogen and oxygen atoms in total. The molecule has 1 saturated heterocycles. The molecule has 7 heteroatoms. The number of para-hydroxylation sites is 1. The highest BCUT2D eigenvalue weighted by molar-refractivity contribution is 5.95. The number of benzene rings is 2. The maximum atomic E-state index is 13.0. The Morgan fingerprint density at radius 1 is 1.00 bits per heavy atom. The Balaban J connectivity index is 1.74. The number of amides is 1. The number of ether oxygens (including phenoxy) is 4. The summed E-state index contributed by atoms with van der Waals surface area (Å²) in [5.41, 5.74) is 0.440. The number of hydrogen-bond acceptors (Lipinski definition) is 6. The maximum Gasteiger partial charge on any atom is 0.251 e. The van der Waals surface area contributed by atoms with Crippen molar-refractivity contribution in [2.45, 2.75) is 18.9 Å². The lowest BCUT2D eigenvalue weighted by atomic mass is 10.1. The van der Waals surface area contributed by atoms with Gasteiger partial charge in [-0.25, -0.2) is 0 Å². The molecule has 2 aromatic carbocycles. The first-order chi connectivity index (χ1) is 14.6. The summed E-state index contributed by atoms with van der Waals surface area (Å²) >= 11 is 0. The van der Waals surface area contributed by atoms with E-state index >= 15 is 0 Å². The molecule has 1 amide bonds. The summed E-state index contributed by atoms with van der Waals surface area (Å²) in [5.74, 6) is 1.91. The molecule has 0 spiro atoms. The monoisotopic (exact) mass is 414 g/mol. The number of carbonyl (C=O) groups is 1. The second-order valence-electron chi connectivity index (χ2n) is 7.22. The Bertz CT molecular complexity index is 797. The van der Waals surface area contributed by atoms with E-state index in [0.717, 1.165) is 25.4 Å². The molecule has 1 aliphatic rings. The van der Waals surface area contributed by atoms with E-state index in [4.69, 9.17) is 18.9 Å². The summed E-state index contributed by atoms with van der Waals surface area (Å²) < 4.78 is 22.0. The summed E-state index contributed by atoms with van der Waals surface area (Å²) in [6.45, 7) is 3.21. The molecule has 1 heterocycles. The second-order valence-corrected chi connectivity index (χ2v) is 7.22. The molecule has 1 aliphatic heterocycles. The van der Waals surface area contributed by atoms with E-state index in [1.54, 1.807) is 12.1 Å². The van der Waals surface area contributed by atoms with Gasteiger partial charge in [0.2, 0.25) is 5.75 Å². The minimum Gasteiger partial charge on any atom is -0.493 e. The van der Waals surface area contributed by atoms with Crippen LogP contribution >= 0.6 is 0 Å². The van der Waals surface area contributed by atoms with Crippen LogP contribution in [0.25, 0.3) is 0 Å². The summed E-state index contributed by atoms with van der Waals surface area (Å²) in [4.78, 5) is 15.4. The fourth-order valence-electron chi connectivity index (χ4n) is 3.61. The molecule has 0 bridgehead atoms. The highest BCUT2D eigenvalue weighted by Gasteiger charge is 2.22. The van der Waals surface area contributed by atoms with Gasteiger partial charge in [-0.15, -0.1) is 0 Å². The summed E-state index contributed by atoms with van der Waals surface area (Å²) in [5, 5.41) is 3.11. The van der Waals surface area contributed by atoms with Gasteiger partial charge in [-0.3, -0.25) is 4.79 Å². The van der Waals surface area contributed by atoms with E-state index in [-0.39, 0.29) is 11.9 Å². The number of methoxy groups -OCH3 is 3. The largest absolute Gasteiger partial charge is 0.493 e. The van der Waals surface area contributed by atoms with Gasteiger partial charge in [-0.2, -0.15) is 0 Å². The number of carbonyl (C=O) groups excluding carboxylic acids is 1. The molecule has 1 fully saturated rings. The normalized spacial score (nSPS) is 14.8. The smallest absolute Gasteiger partial charge is 0.251 e. The van der Waals surface area contributed by atoms with Crippen molar-refractivity contribution in [1.82, 2.24) is 10.2 Å². The third-order valence-corrected chi connectivity index (χ3v) is 5.13. The summed E-state index contributed by atoms with van der Waals surface area (Å²) in [6.07, 6.45) is 2.38. The molecular weight excluding hydrogens is 384 g/mol. The Kier molecular flexibility index (Phi) is 7.79. The average Bonchev–Trinajstić information content (AvgIpc) is 3.30. The lowest BCUT2D eigenvalue weighted by Crippen LogP contribution is -2.46. The van der Waals surface area contributed by atoms with Crippen molar-refractivity contribution in [2.24, 2.45) is 0 Å². The number of nitrogens with one attached hydrogen (secondary N) is 1. The van der Waals surface area contributed by atoms with Gasteiger partial charge >= 0.3 is 0 Å². The van der Waals surface area contributed by atoms with Crippen LogP contribution in [0.5, 0.6) is 23.0 Å². The molecule has 1 unspecified atom stereocenters. The van der Waals surface area contributed by atoms with Crippen LogP contribution in [-0.2, 0) is 0 Å². The van der Waals surface area contributed by atoms with Crippen molar-refractivity contribution < 1.29 is 23.7 Å². The van der Waals surface area contributed by atoms with Crippen LogP contribution in [0.4, 0.5) is 0 Å². The minimum atomic E-state index is -0.213. The zero-order valence-corrected chi connectivity index (χ0v) is 17.8. The molecule has 0 aliphatic carbocycles. The molecule has 162 valence electrons. The average molecular weight is 415 g/mol. The van der Waals surface area contributed by atoms with Gasteiger partial charge in [0.1, 0.15) is 12.4 Å². The molecule has 0 saturated carbocycles. The summed E-state index contributed by atoms with van der Waals surface area (Å²) in [7, 11) is 4.60. The quantitative estimate of drug-likeness (QED) is 0.645. The molecule has 1 atom stereocenters. The van der Waals surface area contributed by atoms with Crippen molar-refractivity contribution in [3.8, 4) is 23.0 Å². The zero-order chi connectivity index (χ0) is 21.3. The van der Waals surface area contributed by atoms with Gasteiger partial charge in [0.15, 0.2) is 11.5 Å². The van der Waals surface area contributed by atoms with Gasteiger partial charge in [0.05, 0.1) is 27.4 Å². The fourth-order valence-corrected chi connectivity index (χ4v) is 3.61. The SMILES string of the molecule is COc1cc(C(=O)NC(COc2ccccc2)CN2CCCC2)cc(OC)c1OC. The van der Waals surface area contributed by atoms with E-state index in [1.165, 1.54) is 34.2 Å². The predicted molar refractivity (Wildman–Crippen MR) is 115 cm³/mol. The lowest BCUT2D eigenvalue weighted by Gasteiger charge is -2.25. The second kappa shape index (κ2) is 10.7. The van der Waals surface area contributed by atoms with Gasteiger partial charge in [-0.1, -0.05) is 18.2 Å². The van der Waals surface area contributed by atoms with E-state index in [9.17, 15) is 4.79 Å². The molecule has 2 aromatic rings. The predicted octanol–water partition coefficient (Wildman–Crippen LogP) is 2.99. The van der Waals surface area contributed by atoms with E-state index < -0.39 is 0 Å². The number of likely N-dealkylation sites (tertiary alicyclic amines) is 1. The van der Waals surface area contributed by atoms with Crippen LogP contribution in [0.2, 0.25) is 0 Å². The molecule has 30 heavy (non-hydrogen) atoms. The molecular formula is C23H30N2O5. The van der Waals surface area contributed by atoms with Crippen molar-refractivity contribution in [1.29, 1.82) is 0 Å². The van der Waals surface area contributed by atoms with Crippen LogP contribution in [0.15, 0.2) is 42.5 Å².